The van der Waals surface area contributed by atoms with Crippen molar-refractivity contribution in [3.8, 4) is 0 Å². The van der Waals surface area contributed by atoms with Gasteiger partial charge >= 0.3 is 6.18 Å². The molecule has 0 saturated carbocycles. The fourth-order valence-electron chi connectivity index (χ4n) is 5.05. The highest BCUT2D eigenvalue weighted by Crippen LogP contribution is 2.30. The van der Waals surface area contributed by atoms with Crippen molar-refractivity contribution in [3.63, 3.8) is 0 Å². The van der Waals surface area contributed by atoms with Crippen molar-refractivity contribution in [2.75, 3.05) is 13.1 Å². The Balaban J connectivity index is 1.16. The van der Waals surface area contributed by atoms with E-state index in [0.29, 0.717) is 31.1 Å². The van der Waals surface area contributed by atoms with Gasteiger partial charge in [0.05, 0.1) is 11.3 Å². The number of nitrogens with zero attached hydrogens (tertiary/aromatic N) is 4. The Kier molecular flexibility index (Phi) is 5.58. The summed E-state index contributed by atoms with van der Waals surface area (Å²) < 4.78 is 42.0. The number of imidazole rings is 2. The maximum atomic E-state index is 12.9. The van der Waals surface area contributed by atoms with E-state index in [1.54, 1.807) is 4.90 Å². The van der Waals surface area contributed by atoms with Crippen molar-refractivity contribution in [3.05, 3.63) is 69.6 Å². The van der Waals surface area contributed by atoms with Crippen molar-refractivity contribution in [2.24, 2.45) is 5.92 Å². The fourth-order valence-corrected chi connectivity index (χ4v) is 5.05. The molecule has 0 unspecified atom stereocenters. The SMILES string of the molecule is Cc1nc2cccc3n(CCCC4CCN(C(=O)c5ccc(C(F)(F)F)cc5)CC4)c(=O)c1n23. The summed E-state index contributed by atoms with van der Waals surface area (Å²) in [6, 6.07) is 10.2. The third kappa shape index (κ3) is 3.93. The van der Waals surface area contributed by atoms with Gasteiger partial charge in [0.2, 0.25) is 0 Å². The first kappa shape index (κ1) is 22.4. The van der Waals surface area contributed by atoms with Crippen LogP contribution in [0.15, 0.2) is 47.3 Å². The minimum Gasteiger partial charge on any atom is -0.339 e. The van der Waals surface area contributed by atoms with E-state index in [-0.39, 0.29) is 17.0 Å². The van der Waals surface area contributed by atoms with E-state index >= 15 is 0 Å². The predicted octanol–water partition coefficient (Wildman–Crippen LogP) is 4.75. The van der Waals surface area contributed by atoms with Crippen molar-refractivity contribution in [2.45, 2.75) is 45.3 Å². The van der Waals surface area contributed by atoms with Crippen LogP contribution < -0.4 is 5.56 Å². The Hall–Kier alpha value is -3.36. The van der Waals surface area contributed by atoms with Crippen LogP contribution in [0.5, 0.6) is 0 Å². The minimum absolute atomic E-state index is 0.0110. The van der Waals surface area contributed by atoms with E-state index in [1.165, 1.54) is 12.1 Å². The van der Waals surface area contributed by atoms with Gasteiger partial charge in [-0.15, -0.1) is 0 Å². The average Bonchev–Trinajstić information content (AvgIpc) is 3.31. The zero-order valence-corrected chi connectivity index (χ0v) is 18.8. The molecule has 9 heteroatoms. The van der Waals surface area contributed by atoms with Crippen molar-refractivity contribution >= 4 is 22.7 Å². The standard InChI is InChI=1S/C25H25F3N4O2/c1-16-22-24(34)31(21-6-2-5-20(29-16)32(21)22)13-3-4-17-11-14-30(15-12-17)23(33)18-7-9-19(10-8-18)25(26,27)28/h2,5-10,17H,3-4,11-15H2,1H3. The molecule has 0 N–H and O–H groups in total. The first-order valence-corrected chi connectivity index (χ1v) is 11.5. The summed E-state index contributed by atoms with van der Waals surface area (Å²) in [4.78, 5) is 31.8. The van der Waals surface area contributed by atoms with Gasteiger partial charge in [-0.05, 0) is 74.9 Å². The lowest BCUT2D eigenvalue weighted by molar-refractivity contribution is -0.137. The normalized spacial score (nSPS) is 15.6. The highest BCUT2D eigenvalue weighted by Gasteiger charge is 2.31. The van der Waals surface area contributed by atoms with Gasteiger partial charge in [0.15, 0.2) is 0 Å². The van der Waals surface area contributed by atoms with Crippen LogP contribution in [0, 0.1) is 12.8 Å². The molecule has 1 aromatic carbocycles. The third-order valence-electron chi connectivity index (χ3n) is 6.88. The number of hydrogen-bond acceptors (Lipinski definition) is 3. The molecule has 1 saturated heterocycles. The van der Waals surface area contributed by atoms with E-state index in [1.807, 2.05) is 34.1 Å². The van der Waals surface area contributed by atoms with Gasteiger partial charge in [0, 0.05) is 25.2 Å². The molecule has 4 aromatic rings. The summed E-state index contributed by atoms with van der Waals surface area (Å²) in [5.41, 5.74) is 2.53. The van der Waals surface area contributed by atoms with Crippen LogP contribution in [0.3, 0.4) is 0 Å². The molecule has 0 atom stereocenters. The number of piperidine rings is 1. The molecule has 0 aliphatic carbocycles. The van der Waals surface area contributed by atoms with Gasteiger partial charge in [-0.2, -0.15) is 13.2 Å². The topological polar surface area (TPSA) is 59.6 Å². The van der Waals surface area contributed by atoms with Crippen molar-refractivity contribution in [1.82, 2.24) is 18.9 Å². The molecule has 178 valence electrons. The van der Waals surface area contributed by atoms with Crippen LogP contribution in [0.1, 0.15) is 47.3 Å². The predicted molar refractivity (Wildman–Crippen MR) is 122 cm³/mol. The van der Waals surface area contributed by atoms with E-state index in [2.05, 4.69) is 4.98 Å². The molecule has 4 heterocycles. The molecule has 0 radical (unpaired) electrons. The van der Waals surface area contributed by atoms with Gasteiger partial charge in [-0.3, -0.25) is 18.6 Å². The summed E-state index contributed by atoms with van der Waals surface area (Å²) in [5.74, 6) is 0.223. The van der Waals surface area contributed by atoms with Gasteiger partial charge in [0.1, 0.15) is 16.8 Å². The number of aryl methyl sites for hydroxylation is 2. The van der Waals surface area contributed by atoms with Crippen molar-refractivity contribution < 1.29 is 18.0 Å². The molecule has 1 amide bonds. The van der Waals surface area contributed by atoms with Crippen molar-refractivity contribution in [1.29, 1.82) is 0 Å². The van der Waals surface area contributed by atoms with Crippen LogP contribution in [0.2, 0.25) is 0 Å². The Morgan fingerprint density at radius 1 is 1.09 bits per heavy atom. The summed E-state index contributed by atoms with van der Waals surface area (Å²) in [7, 11) is 0. The number of aromatic nitrogens is 3. The molecule has 3 aromatic heterocycles. The smallest absolute Gasteiger partial charge is 0.339 e. The van der Waals surface area contributed by atoms with E-state index in [9.17, 15) is 22.8 Å². The molecule has 1 aliphatic rings. The second-order valence-corrected chi connectivity index (χ2v) is 9.03. The average molecular weight is 470 g/mol. The second-order valence-electron chi connectivity index (χ2n) is 9.03. The maximum absolute atomic E-state index is 12.9. The van der Waals surface area contributed by atoms with Crippen LogP contribution >= 0.6 is 0 Å². The number of hydrogen-bond donors (Lipinski definition) is 0. The van der Waals surface area contributed by atoms with Crippen LogP contribution in [0.4, 0.5) is 13.2 Å². The maximum Gasteiger partial charge on any atom is 0.416 e. The number of benzene rings is 1. The number of pyridine rings is 1. The highest BCUT2D eigenvalue weighted by molar-refractivity contribution is 5.94. The van der Waals surface area contributed by atoms with Gasteiger partial charge in [0.25, 0.3) is 11.5 Å². The largest absolute Gasteiger partial charge is 0.416 e. The van der Waals surface area contributed by atoms with Gasteiger partial charge in [-0.1, -0.05) is 6.07 Å². The molecule has 6 nitrogen and oxygen atoms in total. The molecule has 1 fully saturated rings. The number of carbonyl (C=O) groups is 1. The highest BCUT2D eigenvalue weighted by atomic mass is 19.4. The number of halogens is 3. The Morgan fingerprint density at radius 3 is 2.47 bits per heavy atom. The summed E-state index contributed by atoms with van der Waals surface area (Å²) in [5, 5.41) is 0. The van der Waals surface area contributed by atoms with E-state index in [4.69, 9.17) is 0 Å². The lowest BCUT2D eigenvalue weighted by Crippen LogP contribution is -2.38. The molecular formula is C25H25F3N4O2. The monoisotopic (exact) mass is 470 g/mol. The lowest BCUT2D eigenvalue weighted by Gasteiger charge is -2.32. The Morgan fingerprint density at radius 2 is 1.79 bits per heavy atom. The van der Waals surface area contributed by atoms with Crippen LogP contribution in [-0.2, 0) is 12.7 Å². The van der Waals surface area contributed by atoms with Crippen LogP contribution in [0.25, 0.3) is 16.8 Å². The van der Waals surface area contributed by atoms with Gasteiger partial charge in [-0.25, -0.2) is 4.98 Å². The van der Waals surface area contributed by atoms with E-state index < -0.39 is 11.7 Å². The third-order valence-corrected chi connectivity index (χ3v) is 6.88. The summed E-state index contributed by atoms with van der Waals surface area (Å²) in [6.07, 6.45) is -0.908. The Bertz CT molecular complexity index is 1380. The summed E-state index contributed by atoms with van der Waals surface area (Å²) >= 11 is 0. The van der Waals surface area contributed by atoms with E-state index in [0.717, 1.165) is 54.8 Å². The number of rotatable bonds is 5. The zero-order chi connectivity index (χ0) is 24.0. The fraction of sp³-hybridized carbons (Fsp3) is 0.400. The molecular weight excluding hydrogens is 445 g/mol. The lowest BCUT2D eigenvalue weighted by atomic mass is 9.92. The number of likely N-dealkylation sites (tertiary alicyclic amines) is 1. The second kappa shape index (κ2) is 8.45. The number of carbonyl (C=O) groups excluding carboxylic acids is 1. The van der Waals surface area contributed by atoms with Crippen LogP contribution in [-0.4, -0.2) is 37.8 Å². The molecule has 1 aliphatic heterocycles. The first-order valence-electron chi connectivity index (χ1n) is 11.5. The molecule has 5 rings (SSSR count). The Labute approximate surface area is 194 Å². The minimum atomic E-state index is -4.41. The quantitative estimate of drug-likeness (QED) is 0.423. The molecule has 0 spiro atoms. The van der Waals surface area contributed by atoms with Gasteiger partial charge < -0.3 is 4.90 Å². The molecule has 0 bridgehead atoms. The molecule has 34 heavy (non-hydrogen) atoms. The number of amides is 1. The number of alkyl halides is 3. The summed E-state index contributed by atoms with van der Waals surface area (Å²) in [6.45, 7) is 3.66. The first-order chi connectivity index (χ1) is 16.2. The zero-order valence-electron chi connectivity index (χ0n) is 18.8.